The number of hydrogen-bond donors (Lipinski definition) is 1. The number of carbonyl (C=O) groups excluding carboxylic acids is 2. The molecule has 1 heterocycles. The van der Waals surface area contributed by atoms with E-state index in [-0.39, 0.29) is 17.2 Å². The van der Waals surface area contributed by atoms with Crippen LogP contribution in [-0.2, 0) is 14.8 Å². The molecule has 1 fully saturated rings. The lowest BCUT2D eigenvalue weighted by Gasteiger charge is -2.30. The van der Waals surface area contributed by atoms with Crippen molar-refractivity contribution in [3.05, 3.63) is 29.8 Å². The summed E-state index contributed by atoms with van der Waals surface area (Å²) in [4.78, 5) is 22.7. The molecule has 1 aromatic carbocycles. The Morgan fingerprint density at radius 2 is 2.05 bits per heavy atom. The molecule has 0 aliphatic carbocycles. The number of nitrogens with zero attached hydrogens (tertiary/aromatic N) is 1. The van der Waals surface area contributed by atoms with Gasteiger partial charge < -0.3 is 5.73 Å². The maximum Gasteiger partial charge on any atom is 0.243 e. The van der Waals surface area contributed by atoms with Crippen LogP contribution in [0.3, 0.4) is 0 Å². The molecule has 21 heavy (non-hydrogen) atoms. The molecule has 1 aromatic rings. The van der Waals surface area contributed by atoms with E-state index in [1.165, 1.54) is 23.4 Å². The number of hydrogen-bond acceptors (Lipinski definition) is 4. The molecule has 0 saturated carbocycles. The minimum absolute atomic E-state index is 0.0697. The molecule has 0 unspecified atom stereocenters. The highest BCUT2D eigenvalue weighted by atomic mass is 32.2. The number of rotatable bonds is 4. The zero-order valence-electron chi connectivity index (χ0n) is 11.8. The standard InChI is InChI=1S/C14H18N2O4S/c1-10(17)11-4-2-6-13(8-11)21(19,20)16-7-3-5-12(9-16)14(15)18/h2,4,6,8,12H,3,5,7,9H2,1H3,(H2,15,18)/t12-/m0/s1. The Bertz CT molecular complexity index is 669. The number of Topliss-reactive ketones (excluding diaryl/α,β-unsaturated/α-hetero) is 1. The van der Waals surface area contributed by atoms with E-state index >= 15 is 0 Å². The number of sulfonamides is 1. The number of amides is 1. The van der Waals surface area contributed by atoms with Crippen LogP contribution in [0.15, 0.2) is 29.2 Å². The van der Waals surface area contributed by atoms with E-state index in [4.69, 9.17) is 5.73 Å². The van der Waals surface area contributed by atoms with E-state index in [9.17, 15) is 18.0 Å². The number of ketones is 1. The molecule has 2 N–H and O–H groups in total. The summed E-state index contributed by atoms with van der Waals surface area (Å²) in [5, 5.41) is 0. The van der Waals surface area contributed by atoms with Gasteiger partial charge in [0.1, 0.15) is 0 Å². The van der Waals surface area contributed by atoms with Gasteiger partial charge in [-0.3, -0.25) is 9.59 Å². The summed E-state index contributed by atoms with van der Waals surface area (Å²) in [6.45, 7) is 1.84. The Morgan fingerprint density at radius 3 is 2.67 bits per heavy atom. The first-order valence-electron chi connectivity index (χ1n) is 6.73. The van der Waals surface area contributed by atoms with Crippen molar-refractivity contribution >= 4 is 21.7 Å². The molecule has 2 rings (SSSR count). The van der Waals surface area contributed by atoms with Crippen LogP contribution < -0.4 is 5.73 Å². The van der Waals surface area contributed by atoms with E-state index in [2.05, 4.69) is 0 Å². The van der Waals surface area contributed by atoms with Crippen molar-refractivity contribution < 1.29 is 18.0 Å². The van der Waals surface area contributed by atoms with E-state index < -0.39 is 21.8 Å². The van der Waals surface area contributed by atoms with Gasteiger partial charge >= 0.3 is 0 Å². The second-order valence-corrected chi connectivity index (χ2v) is 7.13. The SMILES string of the molecule is CC(=O)c1cccc(S(=O)(=O)N2CCC[C@H](C(N)=O)C2)c1. The largest absolute Gasteiger partial charge is 0.369 e. The van der Waals surface area contributed by atoms with Crippen molar-refractivity contribution in [1.82, 2.24) is 4.31 Å². The summed E-state index contributed by atoms with van der Waals surface area (Å²) in [6.07, 6.45) is 1.20. The average Bonchev–Trinajstić information content (AvgIpc) is 2.47. The molecule has 1 aliphatic heterocycles. The molecule has 0 aromatic heterocycles. The molecule has 1 atom stereocenters. The van der Waals surface area contributed by atoms with Gasteiger partial charge in [-0.05, 0) is 31.9 Å². The second-order valence-electron chi connectivity index (χ2n) is 5.19. The van der Waals surface area contributed by atoms with Gasteiger partial charge in [0.25, 0.3) is 0 Å². The summed E-state index contributed by atoms with van der Waals surface area (Å²) in [5.74, 6) is -1.13. The van der Waals surface area contributed by atoms with Gasteiger partial charge in [0.05, 0.1) is 10.8 Å². The number of piperidine rings is 1. The van der Waals surface area contributed by atoms with Crippen LogP contribution in [0.5, 0.6) is 0 Å². The predicted molar refractivity (Wildman–Crippen MR) is 77.1 cm³/mol. The third kappa shape index (κ3) is 3.30. The van der Waals surface area contributed by atoms with E-state index in [0.717, 1.165) is 0 Å². The van der Waals surface area contributed by atoms with Gasteiger partial charge in [-0.25, -0.2) is 8.42 Å². The topological polar surface area (TPSA) is 97.5 Å². The third-order valence-electron chi connectivity index (χ3n) is 3.66. The smallest absolute Gasteiger partial charge is 0.243 e. The number of primary amides is 1. The maximum atomic E-state index is 12.6. The first kappa shape index (κ1) is 15.7. The molecule has 7 heteroatoms. The lowest BCUT2D eigenvalue weighted by Crippen LogP contribution is -2.44. The predicted octanol–water partition coefficient (Wildman–Crippen LogP) is 0.775. The van der Waals surface area contributed by atoms with Gasteiger partial charge in [0.2, 0.25) is 15.9 Å². The summed E-state index contributed by atoms with van der Waals surface area (Å²) < 4.78 is 26.5. The molecule has 0 radical (unpaired) electrons. The Hall–Kier alpha value is -1.73. The molecule has 1 saturated heterocycles. The summed E-state index contributed by atoms with van der Waals surface area (Å²) >= 11 is 0. The molecule has 0 spiro atoms. The van der Waals surface area contributed by atoms with Crippen molar-refractivity contribution in [3.63, 3.8) is 0 Å². The highest BCUT2D eigenvalue weighted by molar-refractivity contribution is 7.89. The van der Waals surface area contributed by atoms with Crippen LogP contribution in [0.2, 0.25) is 0 Å². The fourth-order valence-corrected chi connectivity index (χ4v) is 3.99. The van der Waals surface area contributed by atoms with Gasteiger partial charge in [0, 0.05) is 18.7 Å². The normalized spacial score (nSPS) is 20.1. The van der Waals surface area contributed by atoms with Crippen LogP contribution in [0.25, 0.3) is 0 Å². The minimum Gasteiger partial charge on any atom is -0.369 e. The third-order valence-corrected chi connectivity index (χ3v) is 5.53. The van der Waals surface area contributed by atoms with E-state index in [1.807, 2.05) is 0 Å². The van der Waals surface area contributed by atoms with Crippen LogP contribution in [0.4, 0.5) is 0 Å². The Morgan fingerprint density at radius 1 is 1.33 bits per heavy atom. The van der Waals surface area contributed by atoms with Crippen LogP contribution in [0.1, 0.15) is 30.1 Å². The minimum atomic E-state index is -3.71. The summed E-state index contributed by atoms with van der Waals surface area (Å²) in [5.41, 5.74) is 5.62. The highest BCUT2D eigenvalue weighted by Crippen LogP contribution is 2.24. The molecule has 114 valence electrons. The Kier molecular flexibility index (Phi) is 4.43. The van der Waals surface area contributed by atoms with Gasteiger partial charge in [0.15, 0.2) is 5.78 Å². The number of carbonyl (C=O) groups is 2. The summed E-state index contributed by atoms with van der Waals surface area (Å²) in [6, 6.07) is 5.93. The number of benzene rings is 1. The molecular weight excluding hydrogens is 292 g/mol. The average molecular weight is 310 g/mol. The first-order chi connectivity index (χ1) is 9.82. The van der Waals surface area contributed by atoms with E-state index in [0.29, 0.717) is 24.9 Å². The molecule has 6 nitrogen and oxygen atoms in total. The lowest BCUT2D eigenvalue weighted by molar-refractivity contribution is -0.122. The summed E-state index contributed by atoms with van der Waals surface area (Å²) in [7, 11) is -3.71. The fourth-order valence-electron chi connectivity index (χ4n) is 2.42. The van der Waals surface area contributed by atoms with Crippen molar-refractivity contribution in [2.75, 3.05) is 13.1 Å². The molecular formula is C14H18N2O4S. The zero-order chi connectivity index (χ0) is 15.6. The van der Waals surface area contributed by atoms with Crippen LogP contribution >= 0.6 is 0 Å². The van der Waals surface area contributed by atoms with E-state index in [1.54, 1.807) is 12.1 Å². The zero-order valence-corrected chi connectivity index (χ0v) is 12.6. The quantitative estimate of drug-likeness (QED) is 0.831. The van der Waals surface area contributed by atoms with Gasteiger partial charge in [-0.2, -0.15) is 4.31 Å². The van der Waals surface area contributed by atoms with Crippen molar-refractivity contribution in [2.24, 2.45) is 11.7 Å². The van der Waals surface area contributed by atoms with Crippen LogP contribution in [-0.4, -0.2) is 37.5 Å². The molecule has 1 aliphatic rings. The van der Waals surface area contributed by atoms with Crippen molar-refractivity contribution in [3.8, 4) is 0 Å². The first-order valence-corrected chi connectivity index (χ1v) is 8.17. The molecule has 0 bridgehead atoms. The lowest BCUT2D eigenvalue weighted by atomic mass is 9.99. The number of nitrogens with two attached hydrogens (primary N) is 1. The molecule has 1 amide bonds. The monoisotopic (exact) mass is 310 g/mol. The van der Waals surface area contributed by atoms with Crippen LogP contribution in [0, 0.1) is 5.92 Å². The van der Waals surface area contributed by atoms with Crippen molar-refractivity contribution in [2.45, 2.75) is 24.7 Å². The Labute approximate surface area is 124 Å². The second kappa shape index (κ2) is 5.95. The highest BCUT2D eigenvalue weighted by Gasteiger charge is 2.32. The van der Waals surface area contributed by atoms with Gasteiger partial charge in [-0.1, -0.05) is 12.1 Å². The maximum absolute atomic E-state index is 12.6. The Balaban J connectivity index is 2.31. The fraction of sp³-hybridized carbons (Fsp3) is 0.429. The van der Waals surface area contributed by atoms with Gasteiger partial charge in [-0.15, -0.1) is 0 Å². The van der Waals surface area contributed by atoms with Crippen molar-refractivity contribution in [1.29, 1.82) is 0 Å².